The number of hydrogen-bond acceptors (Lipinski definition) is 2. The molecular weight excluding hydrogens is 379 g/mol. The van der Waals surface area contributed by atoms with Crippen LogP contribution in [0.4, 0.5) is 18.9 Å². The van der Waals surface area contributed by atoms with Crippen LogP contribution in [0.15, 0.2) is 66.9 Å². The summed E-state index contributed by atoms with van der Waals surface area (Å²) in [6.45, 7) is 2.07. The fourth-order valence-electron chi connectivity index (χ4n) is 3.32. The Hall–Kier alpha value is -3.06. The lowest BCUT2D eigenvalue weighted by molar-refractivity contribution is -0.137. The first-order valence-electron chi connectivity index (χ1n) is 9.10. The van der Waals surface area contributed by atoms with Crippen LogP contribution in [0.25, 0.3) is 10.9 Å². The van der Waals surface area contributed by atoms with Crippen LogP contribution in [0.3, 0.4) is 0 Å². The quantitative estimate of drug-likeness (QED) is 0.440. The standard InChI is InChI=1S/C22H22F3N3O/c1-4-7-21(29)28(26(2)3)20-11-6-10-19-18(20)12-13-27(19)15-16-8-5-9-17(14-16)22(23,24)25/h4-14H,15H2,1-3H3. The van der Waals surface area contributed by atoms with Gasteiger partial charge in [0.05, 0.1) is 16.8 Å². The van der Waals surface area contributed by atoms with E-state index in [0.717, 1.165) is 23.0 Å². The molecule has 1 heterocycles. The van der Waals surface area contributed by atoms with Crippen molar-refractivity contribution >= 4 is 22.5 Å². The number of amides is 1. The van der Waals surface area contributed by atoms with Gasteiger partial charge in [0.2, 0.25) is 0 Å². The Morgan fingerprint density at radius 2 is 1.83 bits per heavy atom. The van der Waals surface area contributed by atoms with Crippen LogP contribution in [0.2, 0.25) is 0 Å². The van der Waals surface area contributed by atoms with Gasteiger partial charge in [0.15, 0.2) is 0 Å². The van der Waals surface area contributed by atoms with Gasteiger partial charge in [0, 0.05) is 38.3 Å². The number of allylic oxidation sites excluding steroid dienone is 1. The average Bonchev–Trinajstić information content (AvgIpc) is 3.05. The van der Waals surface area contributed by atoms with E-state index >= 15 is 0 Å². The maximum Gasteiger partial charge on any atom is 0.416 e. The molecule has 0 spiro atoms. The average molecular weight is 401 g/mol. The number of carbonyl (C=O) groups excluding carboxylic acids is 1. The van der Waals surface area contributed by atoms with Gasteiger partial charge >= 0.3 is 6.18 Å². The van der Waals surface area contributed by atoms with Crippen molar-refractivity contribution in [2.45, 2.75) is 19.6 Å². The lowest BCUT2D eigenvalue weighted by Crippen LogP contribution is -2.41. The van der Waals surface area contributed by atoms with Gasteiger partial charge in [0.25, 0.3) is 5.91 Å². The molecule has 0 N–H and O–H groups in total. The Morgan fingerprint density at radius 3 is 2.48 bits per heavy atom. The van der Waals surface area contributed by atoms with Crippen LogP contribution >= 0.6 is 0 Å². The summed E-state index contributed by atoms with van der Waals surface area (Å²) in [7, 11) is 3.56. The molecule has 0 aliphatic carbocycles. The molecule has 0 bridgehead atoms. The summed E-state index contributed by atoms with van der Waals surface area (Å²) in [4.78, 5) is 12.5. The minimum absolute atomic E-state index is 0.185. The molecule has 0 radical (unpaired) electrons. The molecule has 0 saturated heterocycles. The summed E-state index contributed by atoms with van der Waals surface area (Å²) >= 11 is 0. The SMILES string of the molecule is CC=CC(=O)N(c1cccc2c1ccn2Cc1cccc(C(F)(F)F)c1)N(C)C. The van der Waals surface area contributed by atoms with Gasteiger partial charge in [-0.2, -0.15) is 13.2 Å². The molecule has 0 aliphatic rings. The number of fused-ring (bicyclic) bond motifs is 1. The van der Waals surface area contributed by atoms with Gasteiger partial charge in [-0.1, -0.05) is 24.3 Å². The van der Waals surface area contributed by atoms with Crippen molar-refractivity contribution in [3.05, 3.63) is 78.0 Å². The highest BCUT2D eigenvalue weighted by Gasteiger charge is 2.30. The fourth-order valence-corrected chi connectivity index (χ4v) is 3.32. The summed E-state index contributed by atoms with van der Waals surface area (Å²) in [5.41, 5.74) is 1.43. The third-order valence-electron chi connectivity index (χ3n) is 4.54. The fraction of sp³-hybridized carbons (Fsp3) is 0.227. The lowest BCUT2D eigenvalue weighted by atomic mass is 10.1. The monoisotopic (exact) mass is 401 g/mol. The van der Waals surface area contributed by atoms with Gasteiger partial charge < -0.3 is 4.57 Å². The molecule has 29 heavy (non-hydrogen) atoms. The van der Waals surface area contributed by atoms with Crippen LogP contribution in [0, 0.1) is 0 Å². The smallest absolute Gasteiger partial charge is 0.343 e. The third-order valence-corrected chi connectivity index (χ3v) is 4.54. The zero-order chi connectivity index (χ0) is 21.2. The number of halogens is 3. The van der Waals surface area contributed by atoms with Crippen molar-refractivity contribution in [1.29, 1.82) is 0 Å². The van der Waals surface area contributed by atoms with E-state index in [2.05, 4.69) is 0 Å². The maximum atomic E-state index is 13.0. The number of rotatable bonds is 5. The molecule has 1 aromatic heterocycles. The molecule has 0 fully saturated rings. The molecule has 2 aromatic carbocycles. The zero-order valence-corrected chi connectivity index (χ0v) is 16.4. The maximum absolute atomic E-state index is 13.0. The van der Waals surface area contributed by atoms with E-state index in [9.17, 15) is 18.0 Å². The number of nitrogens with zero attached hydrogens (tertiary/aromatic N) is 3. The molecule has 7 heteroatoms. The highest BCUT2D eigenvalue weighted by Crippen LogP contribution is 2.31. The van der Waals surface area contributed by atoms with E-state index in [1.165, 1.54) is 12.1 Å². The van der Waals surface area contributed by atoms with Crippen LogP contribution in [-0.4, -0.2) is 29.6 Å². The molecule has 0 unspecified atom stereocenters. The molecule has 1 amide bonds. The van der Waals surface area contributed by atoms with Crippen LogP contribution in [-0.2, 0) is 17.5 Å². The molecule has 3 rings (SSSR count). The summed E-state index contributed by atoms with van der Waals surface area (Å²) in [5.74, 6) is -0.185. The second-order valence-electron chi connectivity index (χ2n) is 6.85. The number of hydrazine groups is 1. The van der Waals surface area contributed by atoms with E-state index in [0.29, 0.717) is 17.8 Å². The molecule has 0 atom stereocenters. The Labute approximate surface area is 167 Å². The van der Waals surface area contributed by atoms with Gasteiger partial charge in [-0.05, 0) is 42.8 Å². The van der Waals surface area contributed by atoms with E-state index in [1.807, 2.05) is 35.0 Å². The number of anilines is 1. The van der Waals surface area contributed by atoms with Crippen LogP contribution in [0.1, 0.15) is 18.1 Å². The largest absolute Gasteiger partial charge is 0.416 e. The number of hydrogen-bond donors (Lipinski definition) is 0. The molecule has 152 valence electrons. The molecule has 0 aliphatic heterocycles. The topological polar surface area (TPSA) is 28.5 Å². The van der Waals surface area contributed by atoms with E-state index in [4.69, 9.17) is 0 Å². The van der Waals surface area contributed by atoms with E-state index in [-0.39, 0.29) is 5.91 Å². The molecule has 0 saturated carbocycles. The first-order valence-corrected chi connectivity index (χ1v) is 9.10. The predicted octanol–water partition coefficient (Wildman–Crippen LogP) is 5.09. The van der Waals surface area contributed by atoms with E-state index < -0.39 is 11.7 Å². The highest BCUT2D eigenvalue weighted by atomic mass is 19.4. The predicted molar refractivity (Wildman–Crippen MR) is 108 cm³/mol. The van der Waals surface area contributed by atoms with Crippen molar-refractivity contribution < 1.29 is 18.0 Å². The lowest BCUT2D eigenvalue weighted by Gasteiger charge is -2.28. The van der Waals surface area contributed by atoms with Crippen molar-refractivity contribution in [3.63, 3.8) is 0 Å². The zero-order valence-electron chi connectivity index (χ0n) is 16.4. The highest BCUT2D eigenvalue weighted by molar-refractivity contribution is 6.06. The second kappa shape index (κ2) is 8.13. The Kier molecular flexibility index (Phi) is 5.79. The van der Waals surface area contributed by atoms with Crippen molar-refractivity contribution in [3.8, 4) is 0 Å². The normalized spacial score (nSPS) is 12.2. The molecule has 4 nitrogen and oxygen atoms in total. The minimum Gasteiger partial charge on any atom is -0.343 e. The summed E-state index contributed by atoms with van der Waals surface area (Å²) in [5, 5.41) is 4.09. The number of carbonyl (C=O) groups is 1. The van der Waals surface area contributed by atoms with Crippen molar-refractivity contribution in [2.24, 2.45) is 0 Å². The first kappa shape index (κ1) is 20.7. The number of benzene rings is 2. The van der Waals surface area contributed by atoms with Gasteiger partial charge in [0.1, 0.15) is 0 Å². The number of aromatic nitrogens is 1. The van der Waals surface area contributed by atoms with Gasteiger partial charge in [-0.3, -0.25) is 4.79 Å². The molecule has 3 aromatic rings. The second-order valence-corrected chi connectivity index (χ2v) is 6.85. The number of alkyl halides is 3. The van der Waals surface area contributed by atoms with Crippen LogP contribution in [0.5, 0.6) is 0 Å². The minimum atomic E-state index is -4.37. The van der Waals surface area contributed by atoms with Gasteiger partial charge in [-0.15, -0.1) is 0 Å². The van der Waals surface area contributed by atoms with Crippen molar-refractivity contribution in [1.82, 2.24) is 9.58 Å². The summed E-state index contributed by atoms with van der Waals surface area (Å²) in [6.07, 6.45) is 0.611. The summed E-state index contributed by atoms with van der Waals surface area (Å²) in [6, 6.07) is 12.8. The van der Waals surface area contributed by atoms with E-state index in [1.54, 1.807) is 43.2 Å². The van der Waals surface area contributed by atoms with Crippen molar-refractivity contribution in [2.75, 3.05) is 19.1 Å². The van der Waals surface area contributed by atoms with Crippen LogP contribution < -0.4 is 5.01 Å². The Morgan fingerprint density at radius 1 is 1.10 bits per heavy atom. The van der Waals surface area contributed by atoms with Gasteiger partial charge in [-0.25, -0.2) is 10.0 Å². The Bertz CT molecular complexity index is 1050. The molecular formula is C22H22F3N3O. The summed E-state index contributed by atoms with van der Waals surface area (Å²) < 4.78 is 40.9. The Balaban J connectivity index is 2.01. The first-order chi connectivity index (χ1) is 13.7. The third kappa shape index (κ3) is 4.35.